The first-order valence-corrected chi connectivity index (χ1v) is 9.92. The number of rotatable bonds is 1. The monoisotopic (exact) mass is 362 g/mol. The Kier molecular flexibility index (Phi) is 3.87. The lowest BCUT2D eigenvalue weighted by atomic mass is 9.45. The van der Waals surface area contributed by atoms with E-state index in [1.54, 1.807) is 6.08 Å². The van der Waals surface area contributed by atoms with Crippen molar-refractivity contribution in [3.63, 3.8) is 0 Å². The van der Waals surface area contributed by atoms with E-state index in [2.05, 4.69) is 6.92 Å². The van der Waals surface area contributed by atoms with Gasteiger partial charge < -0.3 is 15.3 Å². The van der Waals surface area contributed by atoms with Crippen molar-refractivity contribution in [3.8, 4) is 0 Å². The van der Waals surface area contributed by atoms with Gasteiger partial charge in [-0.2, -0.15) is 0 Å². The van der Waals surface area contributed by atoms with Crippen LogP contribution in [0, 0.1) is 28.6 Å². The minimum Gasteiger partial charge on any atom is -0.389 e. The van der Waals surface area contributed by atoms with E-state index in [1.807, 2.05) is 6.92 Å². The van der Waals surface area contributed by atoms with Crippen molar-refractivity contribution in [2.45, 2.75) is 77.1 Å². The predicted molar refractivity (Wildman–Crippen MR) is 95.1 cm³/mol. The maximum absolute atomic E-state index is 13.0. The fourth-order valence-corrected chi connectivity index (χ4v) is 7.11. The number of carbonyl (C=O) groups is 2. The molecule has 0 bridgehead atoms. The topological polar surface area (TPSA) is 94.8 Å². The van der Waals surface area contributed by atoms with Gasteiger partial charge in [0.05, 0.1) is 6.10 Å². The highest BCUT2D eigenvalue weighted by atomic mass is 16.3. The third kappa shape index (κ3) is 2.02. The van der Waals surface area contributed by atoms with Crippen LogP contribution in [0.4, 0.5) is 0 Å². The van der Waals surface area contributed by atoms with Crippen LogP contribution in [-0.2, 0) is 9.59 Å². The molecule has 5 heteroatoms. The lowest BCUT2D eigenvalue weighted by Gasteiger charge is -2.59. The maximum Gasteiger partial charge on any atom is 0.187 e. The SMILES string of the molecule is CC(=O)[C@@]1(O)CC[C@H]2[C@@H]3[C@@H](O)C(=O)C4=C[C@H](O)CC[C@]4(C)[C@H]3CC[C@@]21C. The van der Waals surface area contributed by atoms with Gasteiger partial charge in [-0.1, -0.05) is 13.8 Å². The smallest absolute Gasteiger partial charge is 0.187 e. The van der Waals surface area contributed by atoms with E-state index in [9.17, 15) is 24.9 Å². The molecule has 8 atom stereocenters. The van der Waals surface area contributed by atoms with E-state index in [0.29, 0.717) is 24.8 Å². The number of ketones is 2. The normalized spacial score (nSPS) is 53.4. The molecule has 0 spiro atoms. The highest BCUT2D eigenvalue weighted by Crippen LogP contribution is 2.67. The Morgan fingerprint density at radius 3 is 2.38 bits per heavy atom. The predicted octanol–water partition coefficient (Wildman–Crippen LogP) is 1.78. The van der Waals surface area contributed by atoms with E-state index >= 15 is 0 Å². The van der Waals surface area contributed by atoms with Gasteiger partial charge in [-0.3, -0.25) is 9.59 Å². The van der Waals surface area contributed by atoms with Gasteiger partial charge >= 0.3 is 0 Å². The maximum atomic E-state index is 13.0. The van der Waals surface area contributed by atoms with Crippen LogP contribution in [-0.4, -0.2) is 44.7 Å². The quantitative estimate of drug-likeness (QED) is 0.661. The first-order valence-electron chi connectivity index (χ1n) is 9.92. The molecule has 0 radical (unpaired) electrons. The Hall–Kier alpha value is -1.04. The van der Waals surface area contributed by atoms with Gasteiger partial charge in [-0.05, 0) is 74.7 Å². The summed E-state index contributed by atoms with van der Waals surface area (Å²) >= 11 is 0. The average Bonchev–Trinajstić information content (AvgIpc) is 2.87. The molecule has 144 valence electrons. The minimum absolute atomic E-state index is 0.0423. The standard InChI is InChI=1S/C21H30O5/c1-11(22)21(26)9-6-14-16-13(5-8-20(14,21)3)19(2)7-4-12(23)10-15(19)17(24)18(16)25/h10,12-14,16,18,23,25-26H,4-9H2,1-3H3/t12-,13+,14+,16-,18-,19-,20+,21+/m1/s1. The molecule has 0 amide bonds. The number of fused-ring (bicyclic) bond motifs is 5. The van der Waals surface area contributed by atoms with Gasteiger partial charge in [0, 0.05) is 11.0 Å². The second-order valence-electron chi connectivity index (χ2n) is 9.61. The fraction of sp³-hybridized carbons (Fsp3) is 0.810. The summed E-state index contributed by atoms with van der Waals surface area (Å²) in [5.41, 5.74) is -1.69. The second kappa shape index (κ2) is 5.49. The molecule has 0 aromatic heterocycles. The van der Waals surface area contributed by atoms with E-state index in [-0.39, 0.29) is 34.7 Å². The van der Waals surface area contributed by atoms with Crippen molar-refractivity contribution in [3.05, 3.63) is 11.6 Å². The van der Waals surface area contributed by atoms with Crippen LogP contribution in [0.15, 0.2) is 11.6 Å². The Morgan fingerprint density at radius 2 is 1.73 bits per heavy atom. The van der Waals surface area contributed by atoms with E-state index in [4.69, 9.17) is 0 Å². The summed E-state index contributed by atoms with van der Waals surface area (Å²) in [6.07, 6.45) is 3.87. The van der Waals surface area contributed by atoms with Gasteiger partial charge in [-0.25, -0.2) is 0 Å². The largest absolute Gasteiger partial charge is 0.389 e. The first-order chi connectivity index (χ1) is 12.1. The molecule has 0 aliphatic heterocycles. The number of Topliss-reactive ketones (excluding diaryl/α,β-unsaturated/α-hetero) is 2. The Labute approximate surface area is 154 Å². The van der Waals surface area contributed by atoms with Crippen molar-refractivity contribution in [1.82, 2.24) is 0 Å². The van der Waals surface area contributed by atoms with Crippen molar-refractivity contribution in [1.29, 1.82) is 0 Å². The van der Waals surface area contributed by atoms with Crippen molar-refractivity contribution < 1.29 is 24.9 Å². The zero-order valence-electron chi connectivity index (χ0n) is 15.9. The molecule has 4 aliphatic rings. The first kappa shape index (κ1) is 18.3. The molecule has 3 N–H and O–H groups in total. The van der Waals surface area contributed by atoms with Crippen LogP contribution in [0.5, 0.6) is 0 Å². The molecule has 0 saturated heterocycles. The van der Waals surface area contributed by atoms with Gasteiger partial charge in [0.1, 0.15) is 11.7 Å². The highest BCUT2D eigenvalue weighted by Gasteiger charge is 2.68. The van der Waals surface area contributed by atoms with Crippen molar-refractivity contribution in [2.75, 3.05) is 0 Å². The molecular weight excluding hydrogens is 332 g/mol. The molecule has 3 fully saturated rings. The highest BCUT2D eigenvalue weighted by molar-refractivity contribution is 6.01. The Morgan fingerprint density at radius 1 is 1.08 bits per heavy atom. The number of hydrogen-bond acceptors (Lipinski definition) is 5. The molecule has 0 aromatic carbocycles. The van der Waals surface area contributed by atoms with Crippen LogP contribution in [0.2, 0.25) is 0 Å². The van der Waals surface area contributed by atoms with Gasteiger partial charge in [0.25, 0.3) is 0 Å². The van der Waals surface area contributed by atoms with Crippen LogP contribution in [0.25, 0.3) is 0 Å². The molecule has 0 unspecified atom stereocenters. The number of aliphatic hydroxyl groups excluding tert-OH is 2. The van der Waals surface area contributed by atoms with E-state index in [1.165, 1.54) is 6.92 Å². The summed E-state index contributed by atoms with van der Waals surface area (Å²) in [5.74, 6) is -0.604. The number of carbonyl (C=O) groups excluding carboxylic acids is 2. The zero-order valence-corrected chi connectivity index (χ0v) is 15.9. The summed E-state index contributed by atoms with van der Waals surface area (Å²) in [4.78, 5) is 25.2. The molecular formula is C21H30O5. The van der Waals surface area contributed by atoms with Gasteiger partial charge in [-0.15, -0.1) is 0 Å². The summed E-state index contributed by atoms with van der Waals surface area (Å²) in [6, 6.07) is 0. The van der Waals surface area contributed by atoms with Crippen molar-refractivity contribution in [2.24, 2.45) is 28.6 Å². The van der Waals surface area contributed by atoms with Gasteiger partial charge in [0.2, 0.25) is 0 Å². The van der Waals surface area contributed by atoms with Crippen LogP contribution in [0.1, 0.15) is 59.3 Å². The summed E-state index contributed by atoms with van der Waals surface area (Å²) in [5, 5.41) is 32.1. The molecule has 4 aliphatic carbocycles. The lowest BCUT2D eigenvalue weighted by molar-refractivity contribution is -0.172. The van der Waals surface area contributed by atoms with Crippen molar-refractivity contribution >= 4 is 11.6 Å². The second-order valence-corrected chi connectivity index (χ2v) is 9.61. The van der Waals surface area contributed by atoms with Crippen LogP contribution < -0.4 is 0 Å². The Bertz CT molecular complexity index is 699. The molecule has 0 aromatic rings. The molecule has 0 heterocycles. The third-order valence-corrected chi connectivity index (χ3v) is 8.72. The summed E-state index contributed by atoms with van der Waals surface area (Å²) in [6.45, 7) is 5.52. The molecule has 4 rings (SSSR count). The minimum atomic E-state index is -1.36. The van der Waals surface area contributed by atoms with E-state index < -0.39 is 23.2 Å². The molecule has 5 nitrogen and oxygen atoms in total. The average molecular weight is 362 g/mol. The van der Waals surface area contributed by atoms with E-state index in [0.717, 1.165) is 19.3 Å². The molecule has 26 heavy (non-hydrogen) atoms. The number of aliphatic hydroxyl groups is 3. The summed E-state index contributed by atoms with van der Waals surface area (Å²) < 4.78 is 0. The summed E-state index contributed by atoms with van der Waals surface area (Å²) in [7, 11) is 0. The Balaban J connectivity index is 1.79. The lowest BCUT2D eigenvalue weighted by Crippen LogP contribution is -2.62. The van der Waals surface area contributed by atoms with Crippen LogP contribution >= 0.6 is 0 Å². The number of hydrogen-bond donors (Lipinski definition) is 3. The van der Waals surface area contributed by atoms with Crippen LogP contribution in [0.3, 0.4) is 0 Å². The van der Waals surface area contributed by atoms with Gasteiger partial charge in [0.15, 0.2) is 11.6 Å². The fourth-order valence-electron chi connectivity index (χ4n) is 7.11. The third-order valence-electron chi connectivity index (χ3n) is 8.72. The molecule has 3 saturated carbocycles. The zero-order chi connectivity index (χ0) is 19.1.